The van der Waals surface area contributed by atoms with Gasteiger partial charge >= 0.3 is 0 Å². The van der Waals surface area contributed by atoms with Crippen molar-refractivity contribution in [2.75, 3.05) is 0 Å². The normalized spacial score (nSPS) is 13.2. The topological polar surface area (TPSA) is 38.3 Å². The second-order valence-corrected chi connectivity index (χ2v) is 6.89. The van der Waals surface area contributed by atoms with E-state index in [4.69, 9.17) is 16.3 Å². The van der Waals surface area contributed by atoms with Crippen LogP contribution < -0.4 is 10.1 Å². The molecule has 2 unspecified atom stereocenters. The number of carbonyl (C=O) groups excluding carboxylic acids is 1. The first-order valence-corrected chi connectivity index (χ1v) is 9.00. The van der Waals surface area contributed by atoms with Crippen LogP contribution in [0.25, 0.3) is 0 Å². The van der Waals surface area contributed by atoms with Gasteiger partial charge in [-0.25, -0.2) is 0 Å². The van der Waals surface area contributed by atoms with E-state index in [-0.39, 0.29) is 11.9 Å². The molecule has 2 aromatic rings. The molecule has 0 saturated heterocycles. The molecule has 1 amide bonds. The number of hydrogen-bond acceptors (Lipinski definition) is 2. The zero-order chi connectivity index (χ0) is 18.6. The van der Waals surface area contributed by atoms with Gasteiger partial charge in [0.1, 0.15) is 5.75 Å². The quantitative estimate of drug-likeness (QED) is 0.760. The summed E-state index contributed by atoms with van der Waals surface area (Å²) in [5.41, 5.74) is 4.52. The summed E-state index contributed by atoms with van der Waals surface area (Å²) in [5.74, 6) is 0.515. The van der Waals surface area contributed by atoms with E-state index in [9.17, 15) is 4.79 Å². The molecule has 134 valence electrons. The van der Waals surface area contributed by atoms with Crippen molar-refractivity contribution in [1.82, 2.24) is 5.32 Å². The summed E-state index contributed by atoms with van der Waals surface area (Å²) >= 11 is 6.02. The maximum absolute atomic E-state index is 12.5. The molecule has 0 aliphatic heterocycles. The third-order valence-corrected chi connectivity index (χ3v) is 4.89. The lowest BCUT2D eigenvalue weighted by Crippen LogP contribution is -2.38. The Hall–Kier alpha value is -2.00. The summed E-state index contributed by atoms with van der Waals surface area (Å²) in [6.45, 7) is 9.90. The predicted molar refractivity (Wildman–Crippen MR) is 103 cm³/mol. The van der Waals surface area contributed by atoms with Crippen molar-refractivity contribution in [2.45, 2.75) is 53.2 Å². The molecule has 0 aromatic heterocycles. The molecule has 0 bridgehead atoms. The van der Waals surface area contributed by atoms with Gasteiger partial charge in [0.25, 0.3) is 5.91 Å². The predicted octanol–water partition coefficient (Wildman–Crippen LogP) is 5.30. The Balaban J connectivity index is 2.05. The highest BCUT2D eigenvalue weighted by Crippen LogP contribution is 2.23. The Kier molecular flexibility index (Phi) is 6.49. The largest absolute Gasteiger partial charge is 0.481 e. The molecular formula is C21H26ClNO2. The molecule has 2 rings (SSSR count). The van der Waals surface area contributed by atoms with Crippen LogP contribution in [0.2, 0.25) is 5.02 Å². The average molecular weight is 360 g/mol. The maximum atomic E-state index is 12.5. The average Bonchev–Trinajstić information content (AvgIpc) is 2.58. The zero-order valence-corrected chi connectivity index (χ0v) is 16.3. The van der Waals surface area contributed by atoms with Crippen molar-refractivity contribution < 1.29 is 9.53 Å². The van der Waals surface area contributed by atoms with Gasteiger partial charge in [-0.1, -0.05) is 36.7 Å². The molecule has 0 aliphatic carbocycles. The second-order valence-electron chi connectivity index (χ2n) is 6.48. The van der Waals surface area contributed by atoms with Gasteiger partial charge in [-0.05, 0) is 74.6 Å². The Morgan fingerprint density at radius 3 is 2.40 bits per heavy atom. The first-order chi connectivity index (χ1) is 11.8. The minimum absolute atomic E-state index is 0.0233. The number of halogens is 1. The van der Waals surface area contributed by atoms with Gasteiger partial charge in [0.15, 0.2) is 6.10 Å². The van der Waals surface area contributed by atoms with E-state index < -0.39 is 6.10 Å². The van der Waals surface area contributed by atoms with Crippen LogP contribution >= 0.6 is 11.6 Å². The Bertz CT molecular complexity index is 758. The van der Waals surface area contributed by atoms with Gasteiger partial charge in [0, 0.05) is 5.02 Å². The SMILES string of the molecule is CCC(NC(=O)C(C)Oc1ccc(Cl)c(C)c1)c1ccc(C)c(C)c1. The fraction of sp³-hybridized carbons (Fsp3) is 0.381. The van der Waals surface area contributed by atoms with E-state index in [2.05, 4.69) is 44.3 Å². The lowest BCUT2D eigenvalue weighted by Gasteiger charge is -2.22. The van der Waals surface area contributed by atoms with Crippen molar-refractivity contribution in [2.24, 2.45) is 0 Å². The fourth-order valence-electron chi connectivity index (χ4n) is 2.64. The van der Waals surface area contributed by atoms with Crippen LogP contribution in [-0.4, -0.2) is 12.0 Å². The van der Waals surface area contributed by atoms with Gasteiger partial charge in [0.05, 0.1) is 6.04 Å². The van der Waals surface area contributed by atoms with Crippen molar-refractivity contribution in [3.63, 3.8) is 0 Å². The van der Waals surface area contributed by atoms with E-state index >= 15 is 0 Å². The molecule has 0 fully saturated rings. The third kappa shape index (κ3) is 4.99. The highest BCUT2D eigenvalue weighted by molar-refractivity contribution is 6.31. The Morgan fingerprint density at radius 1 is 1.08 bits per heavy atom. The molecule has 2 atom stereocenters. The van der Waals surface area contributed by atoms with Crippen LogP contribution in [0.15, 0.2) is 36.4 Å². The molecule has 2 aromatic carbocycles. The lowest BCUT2D eigenvalue weighted by molar-refractivity contribution is -0.128. The first-order valence-electron chi connectivity index (χ1n) is 8.62. The van der Waals surface area contributed by atoms with E-state index in [1.165, 1.54) is 11.1 Å². The summed E-state index contributed by atoms with van der Waals surface area (Å²) in [6, 6.07) is 11.7. The van der Waals surface area contributed by atoms with Crippen LogP contribution in [0.3, 0.4) is 0 Å². The summed E-state index contributed by atoms with van der Waals surface area (Å²) in [4.78, 5) is 12.5. The molecule has 0 saturated carbocycles. The maximum Gasteiger partial charge on any atom is 0.261 e. The Morgan fingerprint density at radius 2 is 1.80 bits per heavy atom. The Labute approximate surface area is 155 Å². The van der Waals surface area contributed by atoms with Crippen LogP contribution in [0.1, 0.15) is 48.6 Å². The zero-order valence-electron chi connectivity index (χ0n) is 15.5. The van der Waals surface area contributed by atoms with Gasteiger partial charge in [0.2, 0.25) is 0 Å². The molecule has 0 spiro atoms. The molecule has 25 heavy (non-hydrogen) atoms. The van der Waals surface area contributed by atoms with E-state index in [0.717, 1.165) is 17.5 Å². The van der Waals surface area contributed by atoms with Crippen LogP contribution in [0, 0.1) is 20.8 Å². The minimum Gasteiger partial charge on any atom is -0.481 e. The molecule has 0 aliphatic rings. The van der Waals surface area contributed by atoms with E-state index in [1.54, 1.807) is 19.1 Å². The molecule has 3 nitrogen and oxygen atoms in total. The third-order valence-electron chi connectivity index (χ3n) is 4.47. The highest BCUT2D eigenvalue weighted by Gasteiger charge is 2.19. The lowest BCUT2D eigenvalue weighted by atomic mass is 9.99. The van der Waals surface area contributed by atoms with Crippen LogP contribution in [0.4, 0.5) is 0 Å². The van der Waals surface area contributed by atoms with Gasteiger partial charge < -0.3 is 10.1 Å². The number of amides is 1. The summed E-state index contributed by atoms with van der Waals surface area (Å²) < 4.78 is 5.77. The fourth-order valence-corrected chi connectivity index (χ4v) is 2.76. The summed E-state index contributed by atoms with van der Waals surface area (Å²) in [7, 11) is 0. The van der Waals surface area contributed by atoms with Crippen molar-refractivity contribution in [3.8, 4) is 5.75 Å². The number of rotatable bonds is 6. The molecule has 4 heteroatoms. The van der Waals surface area contributed by atoms with Crippen molar-refractivity contribution in [3.05, 3.63) is 63.7 Å². The van der Waals surface area contributed by atoms with Gasteiger partial charge in [-0.15, -0.1) is 0 Å². The van der Waals surface area contributed by atoms with Gasteiger partial charge in [-0.2, -0.15) is 0 Å². The number of carbonyl (C=O) groups is 1. The number of hydrogen-bond donors (Lipinski definition) is 1. The van der Waals surface area contributed by atoms with Crippen LogP contribution in [-0.2, 0) is 4.79 Å². The molecule has 1 N–H and O–H groups in total. The number of benzene rings is 2. The van der Waals surface area contributed by atoms with E-state index in [0.29, 0.717) is 10.8 Å². The monoisotopic (exact) mass is 359 g/mol. The standard InChI is InChI=1S/C21H26ClNO2/c1-6-20(17-8-7-13(2)14(3)11-17)23-21(24)16(5)25-18-9-10-19(22)15(4)12-18/h7-12,16,20H,6H2,1-5H3,(H,23,24). The first kappa shape index (κ1) is 19.3. The molecular weight excluding hydrogens is 334 g/mol. The number of aryl methyl sites for hydroxylation is 3. The minimum atomic E-state index is -0.582. The molecule has 0 radical (unpaired) electrons. The summed E-state index contributed by atoms with van der Waals surface area (Å²) in [5, 5.41) is 3.77. The smallest absolute Gasteiger partial charge is 0.261 e. The van der Waals surface area contributed by atoms with E-state index in [1.807, 2.05) is 13.0 Å². The highest BCUT2D eigenvalue weighted by atomic mass is 35.5. The number of nitrogens with one attached hydrogen (secondary N) is 1. The van der Waals surface area contributed by atoms with Crippen molar-refractivity contribution >= 4 is 17.5 Å². The second kappa shape index (κ2) is 8.39. The van der Waals surface area contributed by atoms with Crippen molar-refractivity contribution in [1.29, 1.82) is 0 Å². The number of ether oxygens (including phenoxy) is 1. The van der Waals surface area contributed by atoms with Gasteiger partial charge in [-0.3, -0.25) is 4.79 Å². The molecule has 0 heterocycles. The summed E-state index contributed by atoms with van der Waals surface area (Å²) in [6.07, 6.45) is 0.238. The van der Waals surface area contributed by atoms with Crippen LogP contribution in [0.5, 0.6) is 5.75 Å².